The third-order valence-corrected chi connectivity index (χ3v) is 6.39. The summed E-state index contributed by atoms with van der Waals surface area (Å²) in [7, 11) is -3.98. The van der Waals surface area contributed by atoms with Gasteiger partial charge in [0.2, 0.25) is 10.0 Å². The molecule has 0 heterocycles. The van der Waals surface area contributed by atoms with E-state index in [0.717, 1.165) is 44.6 Å². The first-order valence-electron chi connectivity index (χ1n) is 9.26. The number of hydrogen-bond donors (Lipinski definition) is 3. The van der Waals surface area contributed by atoms with Crippen molar-refractivity contribution in [3.8, 4) is 0 Å². The van der Waals surface area contributed by atoms with Crippen LogP contribution in [0.5, 0.6) is 0 Å². The van der Waals surface area contributed by atoms with Gasteiger partial charge in [-0.3, -0.25) is 0 Å². The fraction of sp³-hybridized carbons (Fsp3) is 0.611. The fourth-order valence-electron chi connectivity index (χ4n) is 3.04. The lowest BCUT2D eigenvalue weighted by Crippen LogP contribution is -2.28. The first kappa shape index (κ1) is 21.9. The van der Waals surface area contributed by atoms with Crippen LogP contribution >= 0.6 is 11.6 Å². The molecule has 0 atom stereocenters. The summed E-state index contributed by atoms with van der Waals surface area (Å²) in [6.07, 6.45) is 7.02. The first-order chi connectivity index (χ1) is 12.8. The Balaban J connectivity index is 2.19. The van der Waals surface area contributed by atoms with Crippen LogP contribution in [0.3, 0.4) is 0 Å². The van der Waals surface area contributed by atoms with Crippen LogP contribution in [0.15, 0.2) is 17.0 Å². The Morgan fingerprint density at radius 2 is 2.00 bits per heavy atom. The molecule has 9 heteroatoms. The number of unbranched alkanes of at least 4 members (excludes halogenated alkanes) is 1. The van der Waals surface area contributed by atoms with Gasteiger partial charge in [-0.2, -0.15) is 4.72 Å². The Morgan fingerprint density at radius 1 is 1.30 bits per heavy atom. The van der Waals surface area contributed by atoms with Gasteiger partial charge in [-0.1, -0.05) is 44.2 Å². The van der Waals surface area contributed by atoms with Crippen LogP contribution in [0.4, 0.5) is 5.69 Å². The third kappa shape index (κ3) is 6.34. The lowest BCUT2D eigenvalue weighted by Gasteiger charge is -2.25. The topological polar surface area (TPSA) is 105 Å². The highest BCUT2D eigenvalue weighted by Gasteiger charge is 2.24. The van der Waals surface area contributed by atoms with Crippen molar-refractivity contribution in [3.63, 3.8) is 0 Å². The second-order valence-corrected chi connectivity index (χ2v) is 8.81. The standard InChI is InChI=1S/C18H27ClN2O5S/c1-2-3-9-26-12-20-27(24,25)17-10-14(18(22)23)16(11-15(17)19)21-13-7-5-4-6-8-13/h10-11,13,20-21H,2-9,12H2,1H3,(H,22,23). The molecule has 1 saturated carbocycles. The number of sulfonamides is 1. The van der Waals surface area contributed by atoms with E-state index in [1.165, 1.54) is 12.5 Å². The van der Waals surface area contributed by atoms with Crippen molar-refractivity contribution in [1.82, 2.24) is 4.72 Å². The van der Waals surface area contributed by atoms with Crippen molar-refractivity contribution in [2.45, 2.75) is 62.8 Å². The fourth-order valence-corrected chi connectivity index (χ4v) is 4.49. The molecule has 1 fully saturated rings. The number of benzene rings is 1. The summed E-state index contributed by atoms with van der Waals surface area (Å²) < 4.78 is 32.5. The van der Waals surface area contributed by atoms with Crippen molar-refractivity contribution in [2.75, 3.05) is 18.7 Å². The van der Waals surface area contributed by atoms with E-state index in [9.17, 15) is 18.3 Å². The number of hydrogen-bond acceptors (Lipinski definition) is 5. The predicted octanol–water partition coefficient (Wildman–Crippen LogP) is 3.84. The summed E-state index contributed by atoms with van der Waals surface area (Å²) in [5.41, 5.74) is 0.231. The molecule has 7 nitrogen and oxygen atoms in total. The number of rotatable bonds is 10. The van der Waals surface area contributed by atoms with E-state index in [4.69, 9.17) is 16.3 Å². The normalized spacial score (nSPS) is 15.6. The molecule has 1 aromatic rings. The zero-order valence-electron chi connectivity index (χ0n) is 15.5. The minimum atomic E-state index is -3.98. The highest BCUT2D eigenvalue weighted by molar-refractivity contribution is 7.89. The molecule has 0 radical (unpaired) electrons. The summed E-state index contributed by atoms with van der Waals surface area (Å²) in [5.74, 6) is -1.21. The number of carboxylic acids is 1. The van der Waals surface area contributed by atoms with Gasteiger partial charge in [-0.25, -0.2) is 13.2 Å². The molecular weight excluding hydrogens is 392 g/mol. The summed E-state index contributed by atoms with van der Waals surface area (Å²) in [6, 6.07) is 2.65. The Labute approximate surface area is 165 Å². The number of ether oxygens (including phenoxy) is 1. The number of carboxylic acid groups (broad SMARTS) is 1. The molecule has 152 valence electrons. The predicted molar refractivity (Wildman–Crippen MR) is 105 cm³/mol. The van der Waals surface area contributed by atoms with Gasteiger partial charge in [0.15, 0.2) is 0 Å². The van der Waals surface area contributed by atoms with Gasteiger partial charge in [-0.05, 0) is 31.4 Å². The molecular formula is C18H27ClN2O5S. The first-order valence-corrected chi connectivity index (χ1v) is 11.1. The summed E-state index contributed by atoms with van der Waals surface area (Å²) >= 11 is 6.18. The quantitative estimate of drug-likeness (QED) is 0.394. The van der Waals surface area contributed by atoms with Crippen molar-refractivity contribution >= 4 is 33.3 Å². The summed E-state index contributed by atoms with van der Waals surface area (Å²) in [5, 5.41) is 12.7. The maximum absolute atomic E-state index is 12.5. The monoisotopic (exact) mass is 418 g/mol. The average molecular weight is 419 g/mol. The SMILES string of the molecule is CCCCOCNS(=O)(=O)c1cc(C(=O)O)c(NC2CCCCC2)cc1Cl. The molecule has 0 aromatic heterocycles. The summed E-state index contributed by atoms with van der Waals surface area (Å²) in [4.78, 5) is 11.4. The Morgan fingerprint density at radius 3 is 2.63 bits per heavy atom. The van der Waals surface area contributed by atoms with Gasteiger partial charge in [0.1, 0.15) is 11.6 Å². The van der Waals surface area contributed by atoms with Gasteiger partial charge >= 0.3 is 5.97 Å². The van der Waals surface area contributed by atoms with E-state index in [2.05, 4.69) is 10.0 Å². The number of aromatic carboxylic acids is 1. The molecule has 0 saturated heterocycles. The van der Waals surface area contributed by atoms with Crippen LogP contribution in [0, 0.1) is 0 Å². The van der Waals surface area contributed by atoms with Crippen LogP contribution in [0.25, 0.3) is 0 Å². The minimum Gasteiger partial charge on any atom is -0.478 e. The number of nitrogens with one attached hydrogen (secondary N) is 2. The zero-order valence-corrected chi connectivity index (χ0v) is 17.0. The largest absolute Gasteiger partial charge is 0.478 e. The van der Waals surface area contributed by atoms with E-state index >= 15 is 0 Å². The molecule has 2 rings (SSSR count). The number of halogens is 1. The highest BCUT2D eigenvalue weighted by atomic mass is 35.5. The molecule has 1 aliphatic carbocycles. The Kier molecular flexibility index (Phi) is 8.34. The molecule has 0 spiro atoms. The van der Waals surface area contributed by atoms with E-state index in [0.29, 0.717) is 12.3 Å². The second-order valence-electron chi connectivity index (χ2n) is 6.67. The molecule has 27 heavy (non-hydrogen) atoms. The highest BCUT2D eigenvalue weighted by Crippen LogP contribution is 2.31. The minimum absolute atomic E-state index is 0.0284. The maximum Gasteiger partial charge on any atom is 0.337 e. The van der Waals surface area contributed by atoms with Gasteiger partial charge in [0.05, 0.1) is 16.3 Å². The molecule has 1 aromatic carbocycles. The van der Waals surface area contributed by atoms with Crippen LogP contribution in [-0.2, 0) is 14.8 Å². The average Bonchev–Trinajstić information content (AvgIpc) is 2.62. The molecule has 0 aliphatic heterocycles. The van der Waals surface area contributed by atoms with Gasteiger partial charge in [0, 0.05) is 12.6 Å². The van der Waals surface area contributed by atoms with Crippen molar-refractivity contribution in [1.29, 1.82) is 0 Å². The van der Waals surface area contributed by atoms with Gasteiger partial charge in [-0.15, -0.1) is 0 Å². The lowest BCUT2D eigenvalue weighted by atomic mass is 9.95. The van der Waals surface area contributed by atoms with Crippen LogP contribution < -0.4 is 10.0 Å². The third-order valence-electron chi connectivity index (χ3n) is 4.55. The zero-order chi connectivity index (χ0) is 19.9. The number of carbonyl (C=O) groups is 1. The van der Waals surface area contributed by atoms with Gasteiger partial charge in [0.25, 0.3) is 0 Å². The Hall–Kier alpha value is -1.35. The Bertz CT molecular complexity index is 748. The van der Waals surface area contributed by atoms with Crippen molar-refractivity contribution < 1.29 is 23.1 Å². The lowest BCUT2D eigenvalue weighted by molar-refractivity contribution is 0.0697. The van der Waals surface area contributed by atoms with Crippen LogP contribution in [-0.4, -0.2) is 38.9 Å². The second kappa shape index (κ2) is 10.3. The van der Waals surface area contributed by atoms with Crippen LogP contribution in [0.2, 0.25) is 5.02 Å². The maximum atomic E-state index is 12.5. The van der Waals surface area contributed by atoms with Crippen molar-refractivity contribution in [2.24, 2.45) is 0 Å². The van der Waals surface area contributed by atoms with E-state index in [1.54, 1.807) is 0 Å². The van der Waals surface area contributed by atoms with E-state index in [-0.39, 0.29) is 28.3 Å². The molecule has 0 unspecified atom stereocenters. The van der Waals surface area contributed by atoms with Gasteiger partial charge < -0.3 is 15.2 Å². The molecule has 0 bridgehead atoms. The summed E-state index contributed by atoms with van der Waals surface area (Å²) in [6.45, 7) is 2.25. The van der Waals surface area contributed by atoms with E-state index < -0.39 is 16.0 Å². The smallest absolute Gasteiger partial charge is 0.337 e. The van der Waals surface area contributed by atoms with Crippen molar-refractivity contribution in [3.05, 3.63) is 22.7 Å². The molecule has 0 amide bonds. The number of anilines is 1. The molecule has 3 N–H and O–H groups in total. The van der Waals surface area contributed by atoms with Crippen LogP contribution in [0.1, 0.15) is 62.2 Å². The molecule has 1 aliphatic rings. The van der Waals surface area contributed by atoms with E-state index in [1.807, 2.05) is 6.92 Å².